The predicted molar refractivity (Wildman–Crippen MR) is 125 cm³/mol. The number of benzene rings is 2. The van der Waals surface area contributed by atoms with E-state index in [0.29, 0.717) is 23.5 Å². The summed E-state index contributed by atoms with van der Waals surface area (Å²) in [4.78, 5) is 17.2. The van der Waals surface area contributed by atoms with Crippen molar-refractivity contribution in [2.75, 3.05) is 7.11 Å². The molecule has 1 amide bonds. The van der Waals surface area contributed by atoms with E-state index < -0.39 is 18.0 Å². The molecule has 168 valence electrons. The summed E-state index contributed by atoms with van der Waals surface area (Å²) in [5, 5.41) is 13.4. The van der Waals surface area contributed by atoms with Crippen LogP contribution in [0.5, 0.6) is 11.5 Å². The van der Waals surface area contributed by atoms with Crippen LogP contribution in [0.4, 0.5) is 0 Å². The van der Waals surface area contributed by atoms with Crippen molar-refractivity contribution in [1.29, 1.82) is 0 Å². The molecule has 7 nitrogen and oxygen atoms in total. The standard InChI is InChI=1S/C26H25N3O4/c1-32-19-8-4-6-17(14-19)24-11-12-25(33-24)26(31)29-22(20-9-2-3-10-23(20)30)15-21(27)18-7-5-13-28-16-18/h2-14,16,21-22,30H,15,27H2,1H3,(H,29,31). The van der Waals surface area contributed by atoms with Gasteiger partial charge in [0.25, 0.3) is 5.91 Å². The molecule has 2 aromatic heterocycles. The number of amides is 1. The van der Waals surface area contributed by atoms with Gasteiger partial charge in [0, 0.05) is 29.6 Å². The minimum absolute atomic E-state index is 0.0812. The molecule has 33 heavy (non-hydrogen) atoms. The molecule has 0 aliphatic heterocycles. The SMILES string of the molecule is COc1cccc(-c2ccc(C(=O)NC(CC(N)c3cccnc3)c3ccccc3O)o2)c1. The van der Waals surface area contributed by atoms with Gasteiger partial charge in [0.15, 0.2) is 5.76 Å². The summed E-state index contributed by atoms with van der Waals surface area (Å²) >= 11 is 0. The van der Waals surface area contributed by atoms with Crippen LogP contribution in [0.15, 0.2) is 89.6 Å². The lowest BCUT2D eigenvalue weighted by atomic mass is 9.95. The average Bonchev–Trinajstić information content (AvgIpc) is 3.35. The van der Waals surface area contributed by atoms with Crippen molar-refractivity contribution in [2.45, 2.75) is 18.5 Å². The first kappa shape index (κ1) is 22.1. The second-order valence-corrected chi connectivity index (χ2v) is 7.61. The number of ether oxygens (including phenoxy) is 1. The number of carbonyl (C=O) groups is 1. The molecule has 0 saturated carbocycles. The Morgan fingerprint density at radius 3 is 2.73 bits per heavy atom. The summed E-state index contributed by atoms with van der Waals surface area (Å²) in [7, 11) is 1.59. The molecule has 0 radical (unpaired) electrons. The van der Waals surface area contributed by atoms with Crippen LogP contribution in [0.25, 0.3) is 11.3 Å². The normalized spacial score (nSPS) is 12.7. The molecule has 2 unspecified atom stereocenters. The maximum Gasteiger partial charge on any atom is 0.287 e. The van der Waals surface area contributed by atoms with E-state index in [-0.39, 0.29) is 11.5 Å². The van der Waals surface area contributed by atoms with E-state index in [1.807, 2.05) is 36.4 Å². The van der Waals surface area contributed by atoms with E-state index in [9.17, 15) is 9.90 Å². The Labute approximate surface area is 191 Å². The third-order valence-corrected chi connectivity index (χ3v) is 5.40. The van der Waals surface area contributed by atoms with Crippen LogP contribution in [0.1, 0.15) is 40.2 Å². The third kappa shape index (κ3) is 5.22. The highest BCUT2D eigenvalue weighted by Gasteiger charge is 2.23. The van der Waals surface area contributed by atoms with Gasteiger partial charge in [-0.2, -0.15) is 0 Å². The third-order valence-electron chi connectivity index (χ3n) is 5.40. The molecule has 0 aliphatic rings. The van der Waals surface area contributed by atoms with Crippen molar-refractivity contribution >= 4 is 5.91 Å². The van der Waals surface area contributed by atoms with E-state index in [1.165, 1.54) is 0 Å². The van der Waals surface area contributed by atoms with Gasteiger partial charge in [0.05, 0.1) is 13.2 Å². The molecular formula is C26H25N3O4. The van der Waals surface area contributed by atoms with Gasteiger partial charge in [-0.05, 0) is 48.4 Å². The first-order valence-corrected chi connectivity index (χ1v) is 10.5. The van der Waals surface area contributed by atoms with Crippen LogP contribution in [0.3, 0.4) is 0 Å². The summed E-state index contributed by atoms with van der Waals surface area (Å²) in [5.74, 6) is 1.07. The number of methoxy groups -OCH3 is 1. The maximum absolute atomic E-state index is 13.1. The molecule has 0 fully saturated rings. The molecule has 4 aromatic rings. The van der Waals surface area contributed by atoms with Crippen molar-refractivity contribution in [1.82, 2.24) is 10.3 Å². The van der Waals surface area contributed by atoms with Crippen LogP contribution in [-0.4, -0.2) is 23.1 Å². The highest BCUT2D eigenvalue weighted by Crippen LogP contribution is 2.31. The number of nitrogens with two attached hydrogens (primary N) is 1. The lowest BCUT2D eigenvalue weighted by Crippen LogP contribution is -2.31. The number of pyridine rings is 1. The number of aromatic nitrogens is 1. The Balaban J connectivity index is 1.56. The van der Waals surface area contributed by atoms with Gasteiger partial charge in [-0.1, -0.05) is 36.4 Å². The fourth-order valence-corrected chi connectivity index (χ4v) is 3.65. The van der Waals surface area contributed by atoms with Gasteiger partial charge in [-0.3, -0.25) is 9.78 Å². The van der Waals surface area contributed by atoms with Gasteiger partial charge in [-0.15, -0.1) is 0 Å². The number of para-hydroxylation sites is 1. The zero-order valence-electron chi connectivity index (χ0n) is 18.1. The summed E-state index contributed by atoms with van der Waals surface area (Å²) in [6.07, 6.45) is 3.73. The van der Waals surface area contributed by atoms with Crippen LogP contribution >= 0.6 is 0 Å². The van der Waals surface area contributed by atoms with E-state index in [4.69, 9.17) is 14.9 Å². The van der Waals surface area contributed by atoms with E-state index >= 15 is 0 Å². The Hall–Kier alpha value is -4.10. The van der Waals surface area contributed by atoms with Crippen molar-refractivity contribution in [3.63, 3.8) is 0 Å². The summed E-state index contributed by atoms with van der Waals surface area (Å²) in [6, 6.07) is 20.4. The van der Waals surface area contributed by atoms with Crippen LogP contribution < -0.4 is 15.8 Å². The van der Waals surface area contributed by atoms with Crippen LogP contribution in [0, 0.1) is 0 Å². The van der Waals surface area contributed by atoms with Crippen molar-refractivity contribution in [3.8, 4) is 22.8 Å². The number of rotatable bonds is 8. The fourth-order valence-electron chi connectivity index (χ4n) is 3.65. The van der Waals surface area contributed by atoms with Gasteiger partial charge in [-0.25, -0.2) is 0 Å². The number of nitrogens with zero attached hydrogens (tertiary/aromatic N) is 1. The Morgan fingerprint density at radius 2 is 1.97 bits per heavy atom. The molecule has 2 heterocycles. The number of nitrogens with one attached hydrogen (secondary N) is 1. The number of furan rings is 1. The molecule has 0 aliphatic carbocycles. The zero-order valence-corrected chi connectivity index (χ0v) is 18.1. The smallest absolute Gasteiger partial charge is 0.287 e. The van der Waals surface area contributed by atoms with E-state index in [2.05, 4.69) is 10.3 Å². The van der Waals surface area contributed by atoms with Crippen molar-refractivity contribution < 1.29 is 19.1 Å². The lowest BCUT2D eigenvalue weighted by molar-refractivity contribution is 0.0905. The molecule has 4 rings (SSSR count). The number of carbonyl (C=O) groups excluding carboxylic acids is 1. The largest absolute Gasteiger partial charge is 0.508 e. The number of phenolic OH excluding ortho intramolecular Hbond substituents is 1. The van der Waals surface area contributed by atoms with Crippen LogP contribution in [0.2, 0.25) is 0 Å². The van der Waals surface area contributed by atoms with Crippen molar-refractivity contribution in [3.05, 3.63) is 102 Å². The quantitative estimate of drug-likeness (QED) is 0.367. The first-order chi connectivity index (χ1) is 16.0. The molecule has 2 atom stereocenters. The molecule has 0 bridgehead atoms. The van der Waals surface area contributed by atoms with Gasteiger partial charge >= 0.3 is 0 Å². The minimum Gasteiger partial charge on any atom is -0.508 e. The minimum atomic E-state index is -0.542. The van der Waals surface area contributed by atoms with Crippen LogP contribution in [-0.2, 0) is 0 Å². The first-order valence-electron chi connectivity index (χ1n) is 10.5. The second kappa shape index (κ2) is 10.0. The van der Waals surface area contributed by atoms with Gasteiger partial charge in [0.1, 0.15) is 17.3 Å². The molecule has 0 saturated heterocycles. The van der Waals surface area contributed by atoms with E-state index in [0.717, 1.165) is 11.1 Å². The van der Waals surface area contributed by atoms with Gasteiger partial charge < -0.3 is 25.3 Å². The second-order valence-electron chi connectivity index (χ2n) is 7.61. The lowest BCUT2D eigenvalue weighted by Gasteiger charge is -2.23. The number of hydrogen-bond donors (Lipinski definition) is 3. The fraction of sp³-hybridized carbons (Fsp3) is 0.154. The average molecular weight is 444 g/mol. The maximum atomic E-state index is 13.1. The van der Waals surface area contributed by atoms with E-state index in [1.54, 1.807) is 55.9 Å². The number of phenols is 1. The number of hydrogen-bond acceptors (Lipinski definition) is 6. The predicted octanol–water partition coefficient (Wildman–Crippen LogP) is 4.62. The van der Waals surface area contributed by atoms with Gasteiger partial charge in [0.2, 0.25) is 0 Å². The number of aromatic hydroxyl groups is 1. The molecular weight excluding hydrogens is 418 g/mol. The monoisotopic (exact) mass is 443 g/mol. The zero-order chi connectivity index (χ0) is 23.2. The van der Waals surface area contributed by atoms with Crippen molar-refractivity contribution in [2.24, 2.45) is 5.73 Å². The summed E-state index contributed by atoms with van der Waals surface area (Å²) in [6.45, 7) is 0. The Morgan fingerprint density at radius 1 is 1.12 bits per heavy atom. The molecule has 4 N–H and O–H groups in total. The highest BCUT2D eigenvalue weighted by atomic mass is 16.5. The molecule has 7 heteroatoms. The Kier molecular flexibility index (Phi) is 6.71. The Bertz CT molecular complexity index is 1220. The highest BCUT2D eigenvalue weighted by molar-refractivity contribution is 5.92. The summed E-state index contributed by atoms with van der Waals surface area (Å²) < 4.78 is 11.1. The molecule has 2 aromatic carbocycles. The summed E-state index contributed by atoms with van der Waals surface area (Å²) in [5.41, 5.74) is 8.60. The topological polar surface area (TPSA) is 111 Å². The molecule has 0 spiro atoms.